The molecule has 0 unspecified atom stereocenters. The van der Waals surface area contributed by atoms with Gasteiger partial charge in [0.05, 0.1) is 9.79 Å². The second kappa shape index (κ2) is 7.08. The first-order valence-corrected chi connectivity index (χ1v) is 10.7. The Morgan fingerprint density at radius 3 is 2.08 bits per heavy atom. The van der Waals surface area contributed by atoms with Crippen LogP contribution in [0, 0.1) is 5.92 Å². The zero-order chi connectivity index (χ0) is 18.0. The van der Waals surface area contributed by atoms with E-state index in [4.69, 9.17) is 5.11 Å². The van der Waals surface area contributed by atoms with Gasteiger partial charge in [0.25, 0.3) is 0 Å². The van der Waals surface area contributed by atoms with Crippen molar-refractivity contribution in [2.45, 2.75) is 22.6 Å². The number of rotatable bonds is 5. The molecule has 1 aliphatic heterocycles. The van der Waals surface area contributed by atoms with Crippen LogP contribution in [0.25, 0.3) is 0 Å². The number of piperidine rings is 1. The number of hydrogen-bond donors (Lipinski definition) is 2. The predicted octanol–water partition coefficient (Wildman–Crippen LogP) is 0.758. The predicted molar refractivity (Wildman–Crippen MR) is 87.1 cm³/mol. The molecule has 2 N–H and O–H groups in total. The lowest BCUT2D eigenvalue weighted by Crippen LogP contribution is -2.40. The van der Waals surface area contributed by atoms with Gasteiger partial charge in [-0.05, 0) is 43.0 Å². The summed E-state index contributed by atoms with van der Waals surface area (Å²) in [7, 11) is -7.10. The van der Waals surface area contributed by atoms with Crippen LogP contribution in [0.5, 0.6) is 0 Å². The molecule has 24 heavy (non-hydrogen) atoms. The van der Waals surface area contributed by atoms with E-state index in [1.165, 1.54) is 29.2 Å². The number of carboxylic acid groups (broad SMARTS) is 1. The highest BCUT2D eigenvalue weighted by Crippen LogP contribution is 2.18. The highest BCUT2D eigenvalue weighted by molar-refractivity contribution is 7.90. The first-order valence-electron chi connectivity index (χ1n) is 7.37. The van der Waals surface area contributed by atoms with Gasteiger partial charge in [-0.2, -0.15) is 0 Å². The molecule has 1 fully saturated rings. The molecule has 0 radical (unpaired) electrons. The monoisotopic (exact) mass is 376 g/mol. The van der Waals surface area contributed by atoms with Crippen LogP contribution < -0.4 is 4.72 Å². The lowest BCUT2D eigenvalue weighted by Gasteiger charge is -2.29. The van der Waals surface area contributed by atoms with Gasteiger partial charge < -0.3 is 10.0 Å². The summed E-state index contributed by atoms with van der Waals surface area (Å²) < 4.78 is 49.8. The number of sulfone groups is 1. The molecule has 134 valence electrons. The molecule has 0 aromatic heterocycles. The van der Waals surface area contributed by atoms with Crippen LogP contribution in [0.1, 0.15) is 12.8 Å². The third kappa shape index (κ3) is 4.68. The number of amides is 1. The average molecular weight is 376 g/mol. The molecule has 0 aliphatic carbocycles. The van der Waals surface area contributed by atoms with Gasteiger partial charge in [-0.3, -0.25) is 0 Å². The number of likely N-dealkylation sites (tertiary alicyclic amines) is 1. The SMILES string of the molecule is CS(=O)(=O)c1ccc(S(=O)(=O)NCC2CCN(C(=O)O)CC2)cc1. The Balaban J connectivity index is 1.96. The maximum Gasteiger partial charge on any atom is 0.407 e. The molecular weight excluding hydrogens is 356 g/mol. The van der Waals surface area contributed by atoms with Crippen molar-refractivity contribution < 1.29 is 26.7 Å². The van der Waals surface area contributed by atoms with Crippen molar-refractivity contribution in [3.05, 3.63) is 24.3 Å². The van der Waals surface area contributed by atoms with Crippen molar-refractivity contribution in [3.63, 3.8) is 0 Å². The standard InChI is InChI=1S/C14H20N2O6S2/c1-23(19,20)12-2-4-13(5-3-12)24(21,22)15-10-11-6-8-16(9-7-11)14(17)18/h2-5,11,15H,6-10H2,1H3,(H,17,18). The Kier molecular flexibility index (Phi) is 5.51. The topological polar surface area (TPSA) is 121 Å². The normalized spacial score (nSPS) is 17.0. The summed E-state index contributed by atoms with van der Waals surface area (Å²) >= 11 is 0. The second-order valence-electron chi connectivity index (χ2n) is 5.81. The van der Waals surface area contributed by atoms with Crippen molar-refractivity contribution in [3.8, 4) is 0 Å². The number of benzene rings is 1. The molecule has 0 spiro atoms. The van der Waals surface area contributed by atoms with E-state index in [9.17, 15) is 21.6 Å². The van der Waals surface area contributed by atoms with Crippen LogP contribution in [0.2, 0.25) is 0 Å². The number of sulfonamides is 1. The Morgan fingerprint density at radius 1 is 1.12 bits per heavy atom. The van der Waals surface area contributed by atoms with E-state index >= 15 is 0 Å². The Labute approximate surface area is 141 Å². The van der Waals surface area contributed by atoms with Gasteiger partial charge in [0.1, 0.15) is 0 Å². The number of nitrogens with zero attached hydrogens (tertiary/aromatic N) is 1. The summed E-state index contributed by atoms with van der Waals surface area (Å²) in [5.74, 6) is 0.0747. The molecule has 2 rings (SSSR count). The van der Waals surface area contributed by atoms with Crippen LogP contribution in [-0.2, 0) is 19.9 Å². The van der Waals surface area contributed by atoms with Crippen LogP contribution in [0.3, 0.4) is 0 Å². The smallest absolute Gasteiger partial charge is 0.407 e. The lowest BCUT2D eigenvalue weighted by atomic mass is 9.97. The Bertz CT molecular complexity index is 794. The minimum atomic E-state index is -3.73. The third-order valence-electron chi connectivity index (χ3n) is 4.01. The van der Waals surface area contributed by atoms with Crippen molar-refractivity contribution in [1.82, 2.24) is 9.62 Å². The fourth-order valence-electron chi connectivity index (χ4n) is 2.51. The van der Waals surface area contributed by atoms with Crippen LogP contribution in [0.15, 0.2) is 34.1 Å². The molecular formula is C14H20N2O6S2. The molecule has 0 atom stereocenters. The molecule has 1 heterocycles. The van der Waals surface area contributed by atoms with Crippen molar-refractivity contribution in [2.24, 2.45) is 5.92 Å². The minimum absolute atomic E-state index is 0.00197. The van der Waals surface area contributed by atoms with Gasteiger partial charge in [0, 0.05) is 25.9 Å². The Morgan fingerprint density at radius 2 is 1.62 bits per heavy atom. The molecule has 1 amide bonds. The molecule has 1 aliphatic rings. The second-order valence-corrected chi connectivity index (χ2v) is 9.59. The van der Waals surface area contributed by atoms with Crippen LogP contribution in [-0.4, -0.2) is 58.8 Å². The third-order valence-corrected chi connectivity index (χ3v) is 6.58. The Hall–Kier alpha value is -1.65. The van der Waals surface area contributed by atoms with Crippen molar-refractivity contribution in [1.29, 1.82) is 0 Å². The summed E-state index contributed by atoms with van der Waals surface area (Å²) in [4.78, 5) is 12.2. The molecule has 8 nitrogen and oxygen atoms in total. The average Bonchev–Trinajstić information content (AvgIpc) is 2.53. The van der Waals surface area contributed by atoms with Gasteiger partial charge in [-0.25, -0.2) is 26.4 Å². The quantitative estimate of drug-likeness (QED) is 0.782. The summed E-state index contributed by atoms with van der Waals surface area (Å²) in [5, 5.41) is 8.88. The number of carbonyl (C=O) groups is 1. The molecule has 0 saturated carbocycles. The van der Waals surface area contributed by atoms with E-state index < -0.39 is 26.0 Å². The van der Waals surface area contributed by atoms with Gasteiger partial charge in [-0.1, -0.05) is 0 Å². The van der Waals surface area contributed by atoms with Crippen LogP contribution in [0.4, 0.5) is 4.79 Å². The first-order chi connectivity index (χ1) is 11.1. The number of nitrogens with one attached hydrogen (secondary N) is 1. The highest BCUT2D eigenvalue weighted by Gasteiger charge is 2.24. The van der Waals surface area contributed by atoms with Gasteiger partial charge in [0.15, 0.2) is 9.84 Å². The summed E-state index contributed by atoms with van der Waals surface area (Å²) in [6.07, 6.45) is 1.29. The largest absolute Gasteiger partial charge is 0.465 e. The lowest BCUT2D eigenvalue weighted by molar-refractivity contribution is 0.125. The van der Waals surface area contributed by atoms with Crippen molar-refractivity contribution >= 4 is 26.0 Å². The summed E-state index contributed by atoms with van der Waals surface area (Å²) in [6, 6.07) is 5.03. The van der Waals surface area contributed by atoms with Crippen molar-refractivity contribution in [2.75, 3.05) is 25.9 Å². The first kappa shape index (κ1) is 18.7. The van der Waals surface area contributed by atoms with E-state index in [0.717, 1.165) is 6.26 Å². The number of hydrogen-bond acceptors (Lipinski definition) is 5. The van der Waals surface area contributed by atoms with Gasteiger partial charge >= 0.3 is 6.09 Å². The maximum atomic E-state index is 12.2. The summed E-state index contributed by atoms with van der Waals surface area (Å²) in [6.45, 7) is 1.01. The fraction of sp³-hybridized carbons (Fsp3) is 0.500. The zero-order valence-corrected chi connectivity index (χ0v) is 14.8. The molecule has 1 aromatic carbocycles. The van der Waals surface area contributed by atoms with E-state index in [-0.39, 0.29) is 22.3 Å². The van der Waals surface area contributed by atoms with Gasteiger partial charge in [-0.15, -0.1) is 0 Å². The molecule has 1 aromatic rings. The fourth-order valence-corrected chi connectivity index (χ4v) is 4.25. The summed E-state index contributed by atoms with van der Waals surface area (Å²) in [5.41, 5.74) is 0. The highest BCUT2D eigenvalue weighted by atomic mass is 32.2. The zero-order valence-electron chi connectivity index (χ0n) is 13.2. The molecule has 1 saturated heterocycles. The minimum Gasteiger partial charge on any atom is -0.465 e. The van der Waals surface area contributed by atoms with E-state index in [1.807, 2.05) is 0 Å². The van der Waals surface area contributed by atoms with E-state index in [0.29, 0.717) is 25.9 Å². The van der Waals surface area contributed by atoms with Crippen LogP contribution >= 0.6 is 0 Å². The maximum absolute atomic E-state index is 12.2. The van der Waals surface area contributed by atoms with E-state index in [1.54, 1.807) is 0 Å². The van der Waals surface area contributed by atoms with Gasteiger partial charge in [0.2, 0.25) is 10.0 Å². The molecule has 10 heteroatoms. The van der Waals surface area contributed by atoms with E-state index in [2.05, 4.69) is 4.72 Å². The molecule has 0 bridgehead atoms.